The van der Waals surface area contributed by atoms with Gasteiger partial charge in [-0.3, -0.25) is 0 Å². The maximum absolute atomic E-state index is 6.63. The molecule has 0 spiro atoms. The molecule has 0 N–H and O–H groups in total. The summed E-state index contributed by atoms with van der Waals surface area (Å²) in [7, 11) is 0. The Hall–Kier alpha value is -6.32. The fraction of sp³-hybridized carbons (Fsp3) is 0.0833. The summed E-state index contributed by atoms with van der Waals surface area (Å²) in [6, 6.07) is 61.3. The summed E-state index contributed by atoms with van der Waals surface area (Å²) in [6.45, 7) is 4.39. The number of benzene rings is 8. The van der Waals surface area contributed by atoms with E-state index in [0.717, 1.165) is 79.7 Å². The van der Waals surface area contributed by atoms with Gasteiger partial charge in [-0.05, 0) is 143 Å². The molecule has 0 aliphatic carbocycles. The number of nitrogens with zero attached hydrogens (tertiary/aromatic N) is 2. The van der Waals surface area contributed by atoms with Gasteiger partial charge in [0.1, 0.15) is 11.2 Å². The van der Waals surface area contributed by atoms with E-state index >= 15 is 0 Å². The molecule has 0 saturated heterocycles. The molecule has 0 saturated carbocycles. The lowest BCUT2D eigenvalue weighted by molar-refractivity contribution is 0.670. The number of para-hydroxylation sites is 2. The van der Waals surface area contributed by atoms with Crippen molar-refractivity contribution in [3.8, 4) is 0 Å². The van der Waals surface area contributed by atoms with Crippen LogP contribution in [0.3, 0.4) is 0 Å². The molecule has 9 rings (SSSR count). The molecule has 0 fully saturated rings. The van der Waals surface area contributed by atoms with E-state index in [1.165, 1.54) is 21.9 Å². The fourth-order valence-corrected chi connectivity index (χ4v) is 7.32. The highest BCUT2D eigenvalue weighted by molar-refractivity contribution is 6.14. The summed E-state index contributed by atoms with van der Waals surface area (Å²) >= 11 is 0. The average molecular weight is 659 g/mol. The van der Waals surface area contributed by atoms with E-state index in [2.05, 4.69) is 194 Å². The summed E-state index contributed by atoms with van der Waals surface area (Å²) in [5.74, 6) is 0. The maximum Gasteiger partial charge on any atom is 0.136 e. The van der Waals surface area contributed by atoms with Crippen molar-refractivity contribution in [3.63, 3.8) is 0 Å². The number of hydrogen-bond acceptors (Lipinski definition) is 3. The molecule has 0 bridgehead atoms. The number of aryl methyl sites for hydroxylation is 2. The van der Waals surface area contributed by atoms with Crippen molar-refractivity contribution in [2.45, 2.75) is 26.7 Å². The highest BCUT2D eigenvalue weighted by Gasteiger charge is 2.17. The van der Waals surface area contributed by atoms with Crippen molar-refractivity contribution in [2.24, 2.45) is 0 Å². The van der Waals surface area contributed by atoms with Crippen molar-refractivity contribution in [1.82, 2.24) is 0 Å². The molecule has 51 heavy (non-hydrogen) atoms. The minimum atomic E-state index is 0.894. The minimum Gasteiger partial charge on any atom is -0.456 e. The van der Waals surface area contributed by atoms with Crippen molar-refractivity contribution >= 4 is 77.6 Å². The molecule has 3 nitrogen and oxygen atoms in total. The molecule has 9 aromatic rings. The third-order valence-electron chi connectivity index (χ3n) is 10.1. The lowest BCUT2D eigenvalue weighted by Crippen LogP contribution is -2.09. The normalized spacial score (nSPS) is 11.5. The standard InChI is InChI=1S/C48H38N2O/c1-3-33-15-21-41(22-16-33)49(39-11-7-5-8-12-39)43-25-19-35-29-45-46-30-36-20-26-44(28-38(36)32-48(46)51-47(45)31-37(35)27-43)50(40-13-9-6-10-14-40)42-23-17-34(4-2)18-24-42/h5-32H,3-4H2,1-2H3. The molecular weight excluding hydrogens is 621 g/mol. The molecule has 0 aliphatic heterocycles. The highest BCUT2D eigenvalue weighted by atomic mass is 16.3. The van der Waals surface area contributed by atoms with Crippen LogP contribution in [0.5, 0.6) is 0 Å². The largest absolute Gasteiger partial charge is 0.456 e. The van der Waals surface area contributed by atoms with E-state index in [9.17, 15) is 0 Å². The maximum atomic E-state index is 6.63. The van der Waals surface area contributed by atoms with Gasteiger partial charge in [-0.1, -0.05) is 86.6 Å². The molecule has 0 atom stereocenters. The second-order valence-electron chi connectivity index (χ2n) is 13.2. The lowest BCUT2D eigenvalue weighted by atomic mass is 10.0. The Morgan fingerprint density at radius 2 is 0.725 bits per heavy atom. The van der Waals surface area contributed by atoms with Gasteiger partial charge in [-0.25, -0.2) is 0 Å². The van der Waals surface area contributed by atoms with Crippen LogP contribution in [-0.2, 0) is 12.8 Å². The molecule has 1 aromatic heterocycles. The van der Waals surface area contributed by atoms with E-state index in [0.29, 0.717) is 0 Å². The van der Waals surface area contributed by atoms with Gasteiger partial charge in [0.2, 0.25) is 0 Å². The van der Waals surface area contributed by atoms with Crippen molar-refractivity contribution in [2.75, 3.05) is 9.80 Å². The summed E-state index contributed by atoms with van der Waals surface area (Å²) in [5, 5.41) is 6.92. The average Bonchev–Trinajstić information content (AvgIpc) is 3.53. The van der Waals surface area contributed by atoms with Crippen LogP contribution in [0.15, 0.2) is 174 Å². The van der Waals surface area contributed by atoms with Gasteiger partial charge < -0.3 is 14.2 Å². The van der Waals surface area contributed by atoms with Gasteiger partial charge in [0.25, 0.3) is 0 Å². The first kappa shape index (κ1) is 30.7. The van der Waals surface area contributed by atoms with Gasteiger partial charge in [0, 0.05) is 44.9 Å². The molecule has 1 heterocycles. The summed E-state index contributed by atoms with van der Waals surface area (Å²) in [4.78, 5) is 4.64. The first-order valence-corrected chi connectivity index (χ1v) is 17.9. The van der Waals surface area contributed by atoms with Crippen molar-refractivity contribution < 1.29 is 4.42 Å². The van der Waals surface area contributed by atoms with Crippen LogP contribution in [0.25, 0.3) is 43.5 Å². The van der Waals surface area contributed by atoms with E-state index in [1.54, 1.807) is 0 Å². The molecule has 0 unspecified atom stereocenters. The van der Waals surface area contributed by atoms with E-state index < -0.39 is 0 Å². The van der Waals surface area contributed by atoms with Crippen molar-refractivity contribution in [3.05, 3.63) is 181 Å². The predicted octanol–water partition coefficient (Wildman–Crippen LogP) is 14.0. The molecule has 0 radical (unpaired) electrons. The Morgan fingerprint density at radius 3 is 1.12 bits per heavy atom. The second kappa shape index (κ2) is 12.9. The number of anilines is 6. The van der Waals surface area contributed by atoms with Crippen LogP contribution in [-0.4, -0.2) is 0 Å². The highest BCUT2D eigenvalue weighted by Crippen LogP contribution is 2.41. The number of fused-ring (bicyclic) bond motifs is 5. The zero-order valence-electron chi connectivity index (χ0n) is 28.9. The van der Waals surface area contributed by atoms with Gasteiger partial charge in [-0.2, -0.15) is 0 Å². The molecular formula is C48H38N2O. The van der Waals surface area contributed by atoms with Gasteiger partial charge >= 0.3 is 0 Å². The zero-order chi connectivity index (χ0) is 34.3. The van der Waals surface area contributed by atoms with Gasteiger partial charge in [-0.15, -0.1) is 0 Å². The smallest absolute Gasteiger partial charge is 0.136 e. The third-order valence-corrected chi connectivity index (χ3v) is 10.1. The van der Waals surface area contributed by atoms with Crippen LogP contribution in [0, 0.1) is 0 Å². The first-order chi connectivity index (χ1) is 25.1. The predicted molar refractivity (Wildman–Crippen MR) is 217 cm³/mol. The summed E-state index contributed by atoms with van der Waals surface area (Å²) in [5.41, 5.74) is 11.2. The summed E-state index contributed by atoms with van der Waals surface area (Å²) < 4.78 is 6.63. The number of hydrogen-bond donors (Lipinski definition) is 0. The molecule has 8 aromatic carbocycles. The second-order valence-corrected chi connectivity index (χ2v) is 13.2. The molecule has 0 aliphatic rings. The van der Waals surface area contributed by atoms with Crippen molar-refractivity contribution in [1.29, 1.82) is 0 Å². The van der Waals surface area contributed by atoms with Crippen LogP contribution in [0.2, 0.25) is 0 Å². The Bertz CT molecular complexity index is 2460. The summed E-state index contributed by atoms with van der Waals surface area (Å²) in [6.07, 6.45) is 2.04. The van der Waals surface area contributed by atoms with Gasteiger partial charge in [0.15, 0.2) is 0 Å². The zero-order valence-corrected chi connectivity index (χ0v) is 28.9. The Kier molecular flexibility index (Phi) is 7.74. The minimum absolute atomic E-state index is 0.894. The number of furan rings is 1. The fourth-order valence-electron chi connectivity index (χ4n) is 7.32. The molecule has 0 amide bonds. The lowest BCUT2D eigenvalue weighted by Gasteiger charge is -2.26. The Morgan fingerprint density at radius 1 is 0.353 bits per heavy atom. The SMILES string of the molecule is CCc1ccc(N(c2ccccc2)c2ccc3cc4c(cc3c2)oc2cc3cc(N(c5ccccc5)c5ccc(CC)cc5)ccc3cc24)cc1. The van der Waals surface area contributed by atoms with Crippen LogP contribution >= 0.6 is 0 Å². The Balaban J connectivity index is 1.14. The topological polar surface area (TPSA) is 19.6 Å². The van der Waals surface area contributed by atoms with E-state index in [4.69, 9.17) is 4.42 Å². The van der Waals surface area contributed by atoms with Crippen LogP contribution in [0.4, 0.5) is 34.1 Å². The van der Waals surface area contributed by atoms with E-state index in [-0.39, 0.29) is 0 Å². The van der Waals surface area contributed by atoms with Crippen LogP contribution < -0.4 is 9.80 Å². The Labute approximate surface area is 298 Å². The first-order valence-electron chi connectivity index (χ1n) is 17.9. The molecule has 246 valence electrons. The molecule has 3 heteroatoms. The van der Waals surface area contributed by atoms with Crippen LogP contribution in [0.1, 0.15) is 25.0 Å². The third kappa shape index (κ3) is 5.67. The van der Waals surface area contributed by atoms with Gasteiger partial charge in [0.05, 0.1) is 0 Å². The monoisotopic (exact) mass is 658 g/mol. The number of rotatable bonds is 8. The van der Waals surface area contributed by atoms with E-state index in [1.807, 2.05) is 0 Å². The quantitative estimate of drug-likeness (QED) is 0.162.